The number of hydrogen-bond donors (Lipinski definition) is 1. The zero-order valence-electron chi connectivity index (χ0n) is 19.3. The van der Waals surface area contributed by atoms with Crippen LogP contribution >= 0.6 is 0 Å². The van der Waals surface area contributed by atoms with Crippen molar-refractivity contribution in [3.63, 3.8) is 0 Å². The molecule has 1 aliphatic heterocycles. The Kier molecular flexibility index (Phi) is 6.35. The van der Waals surface area contributed by atoms with Gasteiger partial charge in [-0.05, 0) is 61.4 Å². The summed E-state index contributed by atoms with van der Waals surface area (Å²) < 4.78 is 6.04. The van der Waals surface area contributed by atoms with E-state index in [0.717, 1.165) is 53.4 Å². The van der Waals surface area contributed by atoms with E-state index in [-0.39, 0.29) is 17.4 Å². The van der Waals surface area contributed by atoms with Crippen LogP contribution < -0.4 is 0 Å². The van der Waals surface area contributed by atoms with E-state index in [2.05, 4.69) is 0 Å². The first-order chi connectivity index (χ1) is 16.6. The van der Waals surface area contributed by atoms with Gasteiger partial charge in [0.15, 0.2) is 5.78 Å². The topological polar surface area (TPSA) is 70.8 Å². The van der Waals surface area contributed by atoms with Crippen LogP contribution in [0.5, 0.6) is 5.75 Å². The molecule has 0 radical (unpaired) electrons. The van der Waals surface area contributed by atoms with Gasteiger partial charge in [-0.1, -0.05) is 42.5 Å². The molecular weight excluding hydrogens is 426 g/mol. The fourth-order valence-electron chi connectivity index (χ4n) is 5.03. The third-order valence-electron chi connectivity index (χ3n) is 6.82. The number of aromatic hydroxyl groups is 1. The molecule has 1 saturated heterocycles. The Morgan fingerprint density at radius 1 is 0.824 bits per heavy atom. The number of hydrogen-bond acceptors (Lipinski definition) is 4. The van der Waals surface area contributed by atoms with Crippen molar-refractivity contribution >= 4 is 33.6 Å². The number of carbonyl (C=O) groups is 2. The highest BCUT2D eigenvalue weighted by Gasteiger charge is 2.22. The maximum atomic E-state index is 13.6. The number of phenols is 1. The van der Waals surface area contributed by atoms with Gasteiger partial charge in [-0.3, -0.25) is 9.59 Å². The molecule has 5 rings (SSSR count). The molecule has 34 heavy (non-hydrogen) atoms. The molecule has 1 aromatic heterocycles. The highest BCUT2D eigenvalue weighted by atomic mass is 16.3. The summed E-state index contributed by atoms with van der Waals surface area (Å²) in [5, 5.41) is 12.0. The number of likely N-dealkylation sites (tertiary alicyclic amines) is 1. The standard InChI is InChI=1S/C29H29NO4/c31-23-10-3-1-8-20(23)14-15-21-16-17-26-29(22-9-2-4-12-25(22)34-26)28(21)24(32)11-7-13-27(33)30-18-5-6-19-30/h1-4,8-10,12,16-17,31H,5-7,11,13-15,18-19H2. The number of carbonyl (C=O) groups excluding carboxylic acids is 2. The molecule has 3 aromatic carbocycles. The molecule has 0 spiro atoms. The van der Waals surface area contributed by atoms with Crippen LogP contribution in [-0.2, 0) is 17.6 Å². The molecule has 1 N–H and O–H groups in total. The molecule has 0 atom stereocenters. The van der Waals surface area contributed by atoms with Gasteiger partial charge in [0.2, 0.25) is 5.91 Å². The average molecular weight is 456 g/mol. The monoisotopic (exact) mass is 455 g/mol. The maximum Gasteiger partial charge on any atom is 0.222 e. The average Bonchev–Trinajstić information content (AvgIpc) is 3.51. The number of benzene rings is 3. The van der Waals surface area contributed by atoms with Crippen LogP contribution in [0.15, 0.2) is 65.1 Å². The van der Waals surface area contributed by atoms with Crippen molar-refractivity contribution in [1.29, 1.82) is 0 Å². The van der Waals surface area contributed by atoms with Gasteiger partial charge in [-0.15, -0.1) is 0 Å². The molecule has 0 bridgehead atoms. The van der Waals surface area contributed by atoms with E-state index in [1.54, 1.807) is 12.1 Å². The number of aryl methyl sites for hydroxylation is 2. The molecule has 0 aliphatic carbocycles. The molecule has 0 saturated carbocycles. The van der Waals surface area contributed by atoms with Crippen molar-refractivity contribution in [1.82, 2.24) is 4.90 Å². The number of phenolic OH excluding ortho intramolecular Hbond substituents is 1. The zero-order valence-corrected chi connectivity index (χ0v) is 19.3. The fourth-order valence-corrected chi connectivity index (χ4v) is 5.03. The number of furan rings is 1. The second-order valence-electron chi connectivity index (χ2n) is 9.06. The summed E-state index contributed by atoms with van der Waals surface area (Å²) in [6.45, 7) is 1.67. The molecule has 1 fully saturated rings. The van der Waals surface area contributed by atoms with Crippen LogP contribution in [0.2, 0.25) is 0 Å². The lowest BCUT2D eigenvalue weighted by Crippen LogP contribution is -2.27. The van der Waals surface area contributed by atoms with E-state index in [4.69, 9.17) is 4.42 Å². The number of fused-ring (bicyclic) bond motifs is 3. The van der Waals surface area contributed by atoms with Gasteiger partial charge in [0.25, 0.3) is 0 Å². The molecule has 1 amide bonds. The van der Waals surface area contributed by atoms with Crippen molar-refractivity contribution in [3.8, 4) is 5.75 Å². The molecule has 174 valence electrons. The zero-order chi connectivity index (χ0) is 23.5. The molecule has 4 aromatic rings. The number of para-hydroxylation sites is 2. The number of amides is 1. The predicted molar refractivity (Wildman–Crippen MR) is 133 cm³/mol. The van der Waals surface area contributed by atoms with Crippen molar-refractivity contribution < 1.29 is 19.1 Å². The van der Waals surface area contributed by atoms with Crippen LogP contribution in [0.25, 0.3) is 21.9 Å². The Bertz CT molecular complexity index is 1350. The van der Waals surface area contributed by atoms with Gasteiger partial charge in [0, 0.05) is 42.3 Å². The van der Waals surface area contributed by atoms with E-state index in [1.165, 1.54) is 0 Å². The van der Waals surface area contributed by atoms with E-state index in [1.807, 2.05) is 53.4 Å². The summed E-state index contributed by atoms with van der Waals surface area (Å²) in [7, 11) is 0. The van der Waals surface area contributed by atoms with Crippen LogP contribution in [0.1, 0.15) is 53.6 Å². The van der Waals surface area contributed by atoms with Crippen molar-refractivity contribution in [3.05, 3.63) is 77.4 Å². The first kappa shape index (κ1) is 22.2. The summed E-state index contributed by atoms with van der Waals surface area (Å²) in [4.78, 5) is 27.9. The maximum absolute atomic E-state index is 13.6. The van der Waals surface area contributed by atoms with Crippen molar-refractivity contribution in [2.75, 3.05) is 13.1 Å². The number of nitrogens with zero attached hydrogens (tertiary/aromatic N) is 1. The van der Waals surface area contributed by atoms with E-state index in [0.29, 0.717) is 43.3 Å². The van der Waals surface area contributed by atoms with E-state index in [9.17, 15) is 14.7 Å². The minimum atomic E-state index is 0.0404. The van der Waals surface area contributed by atoms with Gasteiger partial charge in [-0.2, -0.15) is 0 Å². The molecular formula is C29H29NO4. The van der Waals surface area contributed by atoms with Gasteiger partial charge in [0.05, 0.1) is 0 Å². The Balaban J connectivity index is 1.44. The van der Waals surface area contributed by atoms with Crippen LogP contribution in [-0.4, -0.2) is 34.8 Å². The van der Waals surface area contributed by atoms with Crippen molar-refractivity contribution in [2.45, 2.75) is 44.9 Å². The number of rotatable bonds is 8. The van der Waals surface area contributed by atoms with Gasteiger partial charge in [0.1, 0.15) is 16.9 Å². The quantitative estimate of drug-likeness (QED) is 0.328. The molecule has 2 heterocycles. The second kappa shape index (κ2) is 9.72. The predicted octanol–water partition coefficient (Wildman–Crippen LogP) is 6.05. The molecule has 5 heteroatoms. The van der Waals surface area contributed by atoms with Gasteiger partial charge >= 0.3 is 0 Å². The number of ketones is 1. The normalized spacial score (nSPS) is 13.7. The smallest absolute Gasteiger partial charge is 0.222 e. The molecule has 1 aliphatic rings. The lowest BCUT2D eigenvalue weighted by Gasteiger charge is -2.15. The lowest BCUT2D eigenvalue weighted by atomic mass is 9.91. The first-order valence-corrected chi connectivity index (χ1v) is 12.1. The fraction of sp³-hybridized carbons (Fsp3) is 0.310. The summed E-state index contributed by atoms with van der Waals surface area (Å²) in [6.07, 6.45) is 4.66. The highest BCUT2D eigenvalue weighted by Crippen LogP contribution is 2.35. The summed E-state index contributed by atoms with van der Waals surface area (Å²) in [5.74, 6) is 0.460. The lowest BCUT2D eigenvalue weighted by molar-refractivity contribution is -0.130. The molecule has 0 unspecified atom stereocenters. The van der Waals surface area contributed by atoms with Gasteiger partial charge in [-0.25, -0.2) is 0 Å². The third kappa shape index (κ3) is 4.43. The van der Waals surface area contributed by atoms with E-state index < -0.39 is 0 Å². The SMILES string of the molecule is O=C(CCCC(=O)N1CCCC1)c1c(CCc2ccccc2O)ccc2oc3ccccc3c12. The number of Topliss-reactive ketones (excluding diaryl/α,β-unsaturated/α-hetero) is 1. The third-order valence-corrected chi connectivity index (χ3v) is 6.82. The Hall–Kier alpha value is -3.60. The van der Waals surface area contributed by atoms with E-state index >= 15 is 0 Å². The first-order valence-electron chi connectivity index (χ1n) is 12.1. The highest BCUT2D eigenvalue weighted by molar-refractivity contribution is 6.17. The Morgan fingerprint density at radius 2 is 1.56 bits per heavy atom. The second-order valence-corrected chi connectivity index (χ2v) is 9.06. The largest absolute Gasteiger partial charge is 0.508 e. The summed E-state index contributed by atoms with van der Waals surface area (Å²) in [6, 6.07) is 19.0. The van der Waals surface area contributed by atoms with Crippen LogP contribution in [0.4, 0.5) is 0 Å². The Labute approximate surface area is 199 Å². The van der Waals surface area contributed by atoms with Gasteiger partial charge < -0.3 is 14.4 Å². The minimum absolute atomic E-state index is 0.0404. The Morgan fingerprint density at radius 3 is 2.38 bits per heavy atom. The summed E-state index contributed by atoms with van der Waals surface area (Å²) in [5.41, 5.74) is 3.94. The molecule has 5 nitrogen and oxygen atoms in total. The summed E-state index contributed by atoms with van der Waals surface area (Å²) >= 11 is 0. The minimum Gasteiger partial charge on any atom is -0.508 e. The van der Waals surface area contributed by atoms with Crippen LogP contribution in [0, 0.1) is 0 Å². The van der Waals surface area contributed by atoms with Crippen molar-refractivity contribution in [2.24, 2.45) is 0 Å². The van der Waals surface area contributed by atoms with Crippen LogP contribution in [0.3, 0.4) is 0 Å².